The first-order valence-corrected chi connectivity index (χ1v) is 10.4. The maximum atomic E-state index is 12.4. The number of anilines is 3. The Kier molecular flexibility index (Phi) is 6.35. The predicted molar refractivity (Wildman–Crippen MR) is 124 cm³/mol. The third-order valence-corrected chi connectivity index (χ3v) is 5.72. The first-order chi connectivity index (χ1) is 15.5. The number of benzene rings is 1. The van der Waals surface area contributed by atoms with Crippen molar-refractivity contribution >= 4 is 47.3 Å². The number of nitrogens with zero attached hydrogens (tertiary/aromatic N) is 4. The molecule has 0 spiro atoms. The lowest BCUT2D eigenvalue weighted by atomic mass is 9.93. The number of carbonyl (C=O) groups is 1. The minimum atomic E-state index is -0.315. The summed E-state index contributed by atoms with van der Waals surface area (Å²) in [5.74, 6) is 2.35. The van der Waals surface area contributed by atoms with E-state index in [1.54, 1.807) is 51.8 Å². The zero-order valence-electron chi connectivity index (χ0n) is 18.0. The second-order valence-electron chi connectivity index (χ2n) is 7.19. The van der Waals surface area contributed by atoms with Gasteiger partial charge in [0.05, 0.1) is 27.5 Å². The smallest absolute Gasteiger partial charge is 0.333 e. The van der Waals surface area contributed by atoms with E-state index in [1.165, 1.54) is 4.31 Å². The van der Waals surface area contributed by atoms with Crippen LogP contribution in [-0.2, 0) is 0 Å². The highest BCUT2D eigenvalue weighted by molar-refractivity contribution is 7.78. The van der Waals surface area contributed by atoms with E-state index in [4.69, 9.17) is 14.2 Å². The van der Waals surface area contributed by atoms with Gasteiger partial charge >= 0.3 is 6.03 Å². The highest BCUT2D eigenvalue weighted by atomic mass is 32.1. The lowest BCUT2D eigenvalue weighted by molar-refractivity contribution is 0.208. The number of hydrogen-bond donors (Lipinski definition) is 3. The first-order valence-electron chi connectivity index (χ1n) is 10.0. The van der Waals surface area contributed by atoms with Gasteiger partial charge in [-0.1, -0.05) is 12.8 Å². The van der Waals surface area contributed by atoms with Crippen molar-refractivity contribution in [2.45, 2.75) is 25.3 Å². The largest absolute Gasteiger partial charge is 0.493 e. The van der Waals surface area contributed by atoms with Crippen LogP contribution in [0.3, 0.4) is 0 Å². The van der Waals surface area contributed by atoms with Gasteiger partial charge in [0.15, 0.2) is 23.0 Å². The number of hydrogen-bond acceptors (Lipinski definition) is 9. The normalized spacial score (nSPS) is 13.2. The third-order valence-electron chi connectivity index (χ3n) is 5.21. The molecule has 10 nitrogen and oxygen atoms in total. The van der Waals surface area contributed by atoms with E-state index in [0.717, 1.165) is 19.3 Å². The van der Waals surface area contributed by atoms with E-state index < -0.39 is 0 Å². The maximum absolute atomic E-state index is 12.4. The van der Waals surface area contributed by atoms with Gasteiger partial charge in [-0.15, -0.1) is 0 Å². The summed E-state index contributed by atoms with van der Waals surface area (Å²) in [6.45, 7) is 0. The molecule has 168 valence electrons. The molecule has 3 aromatic rings. The number of amides is 2. The van der Waals surface area contributed by atoms with E-state index in [1.807, 2.05) is 0 Å². The Morgan fingerprint density at radius 3 is 2.34 bits per heavy atom. The number of fused-ring (bicyclic) bond motifs is 1. The van der Waals surface area contributed by atoms with Gasteiger partial charge in [0.25, 0.3) is 0 Å². The van der Waals surface area contributed by atoms with Crippen LogP contribution in [0.25, 0.3) is 11.2 Å². The molecule has 4 rings (SSSR count). The Morgan fingerprint density at radius 2 is 1.75 bits per heavy atom. The quantitative estimate of drug-likeness (QED) is 0.457. The number of rotatable bonds is 7. The van der Waals surface area contributed by atoms with Crippen LogP contribution < -0.4 is 24.8 Å². The van der Waals surface area contributed by atoms with Gasteiger partial charge in [-0.05, 0) is 31.4 Å². The van der Waals surface area contributed by atoms with Crippen molar-refractivity contribution in [3.05, 3.63) is 30.5 Å². The third kappa shape index (κ3) is 4.42. The molecule has 32 heavy (non-hydrogen) atoms. The molecule has 1 saturated carbocycles. The second kappa shape index (κ2) is 9.35. The number of aromatic nitrogens is 3. The summed E-state index contributed by atoms with van der Waals surface area (Å²) in [6, 6.07) is 6.81. The van der Waals surface area contributed by atoms with Gasteiger partial charge in [0.1, 0.15) is 11.3 Å². The van der Waals surface area contributed by atoms with E-state index in [2.05, 4.69) is 38.4 Å². The van der Waals surface area contributed by atoms with Gasteiger partial charge in [-0.25, -0.2) is 19.7 Å². The molecule has 2 aromatic heterocycles. The average molecular weight is 457 g/mol. The number of ether oxygens (including phenoxy) is 3. The highest BCUT2D eigenvalue weighted by Crippen LogP contribution is 2.40. The molecule has 2 N–H and O–H groups in total. The molecular weight excluding hydrogens is 432 g/mol. The molecule has 1 aliphatic rings. The lowest BCUT2D eigenvalue weighted by Gasteiger charge is -2.33. The van der Waals surface area contributed by atoms with E-state index in [-0.39, 0.29) is 12.1 Å². The minimum Gasteiger partial charge on any atom is -0.493 e. The van der Waals surface area contributed by atoms with Crippen LogP contribution in [0.5, 0.6) is 17.2 Å². The molecule has 0 aliphatic heterocycles. The van der Waals surface area contributed by atoms with Gasteiger partial charge in [0, 0.05) is 23.9 Å². The molecule has 0 atom stereocenters. The molecule has 1 aromatic carbocycles. The number of pyridine rings is 1. The SMILES string of the molecule is COc1cc(Nc2cnc3ccc(NC(=O)N(S)C4CCC4)nc3n2)cc(OC)c1OC. The van der Waals surface area contributed by atoms with Crippen molar-refractivity contribution in [2.75, 3.05) is 32.0 Å². The topological polar surface area (TPSA) is 111 Å². The predicted octanol–water partition coefficient (Wildman–Crippen LogP) is 4.03. The van der Waals surface area contributed by atoms with Crippen molar-refractivity contribution in [1.29, 1.82) is 0 Å². The number of methoxy groups -OCH3 is 3. The summed E-state index contributed by atoms with van der Waals surface area (Å²) in [5, 5.41) is 5.93. The fraction of sp³-hybridized carbons (Fsp3) is 0.333. The molecule has 0 unspecified atom stereocenters. The monoisotopic (exact) mass is 456 g/mol. The van der Waals surface area contributed by atoms with Crippen LogP contribution in [0.15, 0.2) is 30.5 Å². The highest BCUT2D eigenvalue weighted by Gasteiger charge is 2.27. The summed E-state index contributed by atoms with van der Waals surface area (Å²) < 4.78 is 17.5. The van der Waals surface area contributed by atoms with Gasteiger partial charge < -0.3 is 19.5 Å². The van der Waals surface area contributed by atoms with Crippen molar-refractivity contribution in [3.63, 3.8) is 0 Å². The fourth-order valence-corrected chi connectivity index (χ4v) is 3.57. The molecule has 2 amide bonds. The number of carbonyl (C=O) groups excluding carboxylic acids is 1. The maximum Gasteiger partial charge on any atom is 0.333 e. The Labute approximate surface area is 190 Å². The van der Waals surface area contributed by atoms with Crippen LogP contribution in [0.1, 0.15) is 19.3 Å². The van der Waals surface area contributed by atoms with Crippen LogP contribution in [0.4, 0.5) is 22.1 Å². The molecule has 0 radical (unpaired) electrons. The van der Waals surface area contributed by atoms with Crippen molar-refractivity contribution in [1.82, 2.24) is 19.3 Å². The number of urea groups is 1. The van der Waals surface area contributed by atoms with E-state index in [0.29, 0.717) is 45.7 Å². The van der Waals surface area contributed by atoms with Crippen LogP contribution >= 0.6 is 12.8 Å². The Balaban J connectivity index is 1.56. The molecule has 1 fully saturated rings. The van der Waals surface area contributed by atoms with Crippen molar-refractivity contribution in [2.24, 2.45) is 0 Å². The van der Waals surface area contributed by atoms with E-state index >= 15 is 0 Å². The summed E-state index contributed by atoms with van der Waals surface area (Å²) >= 11 is 4.30. The van der Waals surface area contributed by atoms with Gasteiger partial charge in [0.2, 0.25) is 5.75 Å². The van der Waals surface area contributed by atoms with Gasteiger partial charge in [-0.2, -0.15) is 0 Å². The summed E-state index contributed by atoms with van der Waals surface area (Å²) in [6.07, 6.45) is 4.63. The van der Waals surface area contributed by atoms with Crippen LogP contribution in [0, 0.1) is 0 Å². The van der Waals surface area contributed by atoms with Crippen LogP contribution in [-0.4, -0.2) is 52.7 Å². The molecule has 0 saturated heterocycles. The van der Waals surface area contributed by atoms with E-state index in [9.17, 15) is 4.79 Å². The number of thiol groups is 1. The summed E-state index contributed by atoms with van der Waals surface area (Å²) in [7, 11) is 4.64. The van der Waals surface area contributed by atoms with Gasteiger partial charge in [-0.3, -0.25) is 9.62 Å². The summed E-state index contributed by atoms with van der Waals surface area (Å²) in [4.78, 5) is 25.7. The molecule has 1 aliphatic carbocycles. The Hall–Kier alpha value is -3.47. The average Bonchev–Trinajstić information content (AvgIpc) is 2.76. The molecular formula is C21H24N6O4S. The molecule has 0 bridgehead atoms. The summed E-state index contributed by atoms with van der Waals surface area (Å²) in [5.41, 5.74) is 1.65. The van der Waals surface area contributed by atoms with Crippen molar-refractivity contribution < 1.29 is 19.0 Å². The second-order valence-corrected chi connectivity index (χ2v) is 7.62. The Morgan fingerprint density at radius 1 is 1.06 bits per heavy atom. The lowest BCUT2D eigenvalue weighted by Crippen LogP contribution is -2.40. The Bertz CT molecular complexity index is 1120. The first kappa shape index (κ1) is 21.8. The molecule has 2 heterocycles. The zero-order chi connectivity index (χ0) is 22.7. The van der Waals surface area contributed by atoms with Crippen molar-refractivity contribution in [3.8, 4) is 17.2 Å². The standard InChI is InChI=1S/C21H24N6O4S/c1-29-15-9-12(10-16(30-2)19(15)31-3)23-18-11-22-14-7-8-17(24-20(14)25-18)26-21(28)27(32)13-5-4-6-13/h7-11,13,32H,4-6H2,1-3H3,(H2,23,24,25,26,28). The number of nitrogens with one attached hydrogen (secondary N) is 2. The fourth-order valence-electron chi connectivity index (χ4n) is 3.29. The molecule has 11 heteroatoms. The zero-order valence-corrected chi connectivity index (χ0v) is 18.8. The van der Waals surface area contributed by atoms with Crippen LogP contribution in [0.2, 0.25) is 0 Å². The minimum absolute atomic E-state index is 0.160.